The van der Waals surface area contributed by atoms with E-state index >= 15 is 0 Å². The Kier molecular flexibility index (Phi) is 5.22. The van der Waals surface area contributed by atoms with Crippen LogP contribution in [0.2, 0.25) is 0 Å². The third-order valence-electron chi connectivity index (χ3n) is 2.10. The molecule has 16 heavy (non-hydrogen) atoms. The van der Waals surface area contributed by atoms with E-state index in [0.29, 0.717) is 19.6 Å². The normalized spacial score (nSPS) is 12.5. The SMILES string of the molecule is COCCOc1ccc(CC(C)N)cc1F. The van der Waals surface area contributed by atoms with E-state index in [0.717, 1.165) is 5.56 Å². The van der Waals surface area contributed by atoms with Crippen molar-refractivity contribution in [1.29, 1.82) is 0 Å². The van der Waals surface area contributed by atoms with Gasteiger partial charge in [-0.25, -0.2) is 4.39 Å². The van der Waals surface area contributed by atoms with Gasteiger partial charge in [-0.2, -0.15) is 0 Å². The molecule has 1 unspecified atom stereocenters. The van der Waals surface area contributed by atoms with Gasteiger partial charge in [-0.1, -0.05) is 6.07 Å². The summed E-state index contributed by atoms with van der Waals surface area (Å²) in [5, 5.41) is 0. The van der Waals surface area contributed by atoms with Gasteiger partial charge in [0.25, 0.3) is 0 Å². The molecule has 0 aliphatic heterocycles. The lowest BCUT2D eigenvalue weighted by atomic mass is 10.1. The van der Waals surface area contributed by atoms with Crippen molar-refractivity contribution in [3.8, 4) is 5.75 Å². The van der Waals surface area contributed by atoms with Crippen LogP contribution in [0, 0.1) is 5.82 Å². The smallest absolute Gasteiger partial charge is 0.165 e. The second kappa shape index (κ2) is 6.45. The highest BCUT2D eigenvalue weighted by atomic mass is 19.1. The molecule has 0 spiro atoms. The summed E-state index contributed by atoms with van der Waals surface area (Å²) in [5.74, 6) is -0.0975. The second-order valence-corrected chi connectivity index (χ2v) is 3.79. The summed E-state index contributed by atoms with van der Waals surface area (Å²) in [5.41, 5.74) is 6.52. The highest BCUT2D eigenvalue weighted by Crippen LogP contribution is 2.18. The van der Waals surface area contributed by atoms with E-state index in [1.807, 2.05) is 13.0 Å². The van der Waals surface area contributed by atoms with Crippen molar-refractivity contribution in [1.82, 2.24) is 0 Å². The standard InChI is InChI=1S/C12H18FNO2/c1-9(14)7-10-3-4-12(11(13)8-10)16-6-5-15-2/h3-4,8-9H,5-7,14H2,1-2H3. The highest BCUT2D eigenvalue weighted by molar-refractivity contribution is 5.29. The first-order valence-electron chi connectivity index (χ1n) is 5.29. The molecule has 0 fully saturated rings. The summed E-state index contributed by atoms with van der Waals surface area (Å²) in [6.45, 7) is 2.68. The first kappa shape index (κ1) is 12.9. The average molecular weight is 227 g/mol. The number of hydrogen-bond acceptors (Lipinski definition) is 3. The van der Waals surface area contributed by atoms with Gasteiger partial charge in [0.1, 0.15) is 6.61 Å². The van der Waals surface area contributed by atoms with Crippen molar-refractivity contribution in [3.63, 3.8) is 0 Å². The molecule has 0 saturated heterocycles. The van der Waals surface area contributed by atoms with Crippen molar-refractivity contribution < 1.29 is 13.9 Å². The molecule has 3 nitrogen and oxygen atoms in total. The average Bonchev–Trinajstić information content (AvgIpc) is 2.20. The van der Waals surface area contributed by atoms with E-state index in [2.05, 4.69) is 0 Å². The van der Waals surface area contributed by atoms with Crippen LogP contribution in [0.25, 0.3) is 0 Å². The van der Waals surface area contributed by atoms with Crippen molar-refractivity contribution in [2.24, 2.45) is 5.73 Å². The fourth-order valence-corrected chi connectivity index (χ4v) is 1.40. The molecule has 4 heteroatoms. The van der Waals surface area contributed by atoms with Crippen LogP contribution in [-0.4, -0.2) is 26.4 Å². The topological polar surface area (TPSA) is 44.5 Å². The minimum atomic E-state index is -0.353. The molecule has 0 amide bonds. The van der Waals surface area contributed by atoms with E-state index in [1.165, 1.54) is 6.07 Å². The molecule has 0 heterocycles. The van der Waals surface area contributed by atoms with Gasteiger partial charge in [-0.05, 0) is 31.0 Å². The molecule has 0 saturated carbocycles. The van der Waals surface area contributed by atoms with Crippen molar-refractivity contribution in [2.45, 2.75) is 19.4 Å². The van der Waals surface area contributed by atoms with E-state index in [-0.39, 0.29) is 17.6 Å². The zero-order valence-electron chi connectivity index (χ0n) is 9.70. The second-order valence-electron chi connectivity index (χ2n) is 3.79. The van der Waals surface area contributed by atoms with Gasteiger partial charge in [0, 0.05) is 13.2 Å². The van der Waals surface area contributed by atoms with Crippen LogP contribution in [0.1, 0.15) is 12.5 Å². The fraction of sp³-hybridized carbons (Fsp3) is 0.500. The highest BCUT2D eigenvalue weighted by Gasteiger charge is 2.05. The van der Waals surface area contributed by atoms with Gasteiger partial charge in [0.05, 0.1) is 6.61 Å². The van der Waals surface area contributed by atoms with Crippen LogP contribution in [0.3, 0.4) is 0 Å². The largest absolute Gasteiger partial charge is 0.488 e. The molecular weight excluding hydrogens is 209 g/mol. The molecule has 0 aromatic heterocycles. The fourth-order valence-electron chi connectivity index (χ4n) is 1.40. The molecule has 1 rings (SSSR count). The van der Waals surface area contributed by atoms with Gasteiger partial charge < -0.3 is 15.2 Å². The number of halogens is 1. The van der Waals surface area contributed by atoms with Crippen LogP contribution < -0.4 is 10.5 Å². The Balaban J connectivity index is 2.60. The summed E-state index contributed by atoms with van der Waals surface area (Å²) in [7, 11) is 1.57. The molecule has 2 N–H and O–H groups in total. The molecule has 1 aromatic rings. The third-order valence-corrected chi connectivity index (χ3v) is 2.10. The van der Waals surface area contributed by atoms with E-state index in [4.69, 9.17) is 15.2 Å². The van der Waals surface area contributed by atoms with Crippen molar-refractivity contribution in [2.75, 3.05) is 20.3 Å². The number of methoxy groups -OCH3 is 1. The Morgan fingerprint density at radius 3 is 2.69 bits per heavy atom. The first-order valence-corrected chi connectivity index (χ1v) is 5.29. The molecule has 90 valence electrons. The van der Waals surface area contributed by atoms with E-state index < -0.39 is 0 Å². The Morgan fingerprint density at radius 1 is 1.38 bits per heavy atom. The zero-order valence-corrected chi connectivity index (χ0v) is 9.70. The monoisotopic (exact) mass is 227 g/mol. The van der Waals surface area contributed by atoms with Crippen LogP contribution in [0.5, 0.6) is 5.75 Å². The quantitative estimate of drug-likeness (QED) is 0.753. The Labute approximate surface area is 95.4 Å². The number of nitrogens with two attached hydrogens (primary N) is 1. The van der Waals surface area contributed by atoms with Crippen LogP contribution >= 0.6 is 0 Å². The maximum Gasteiger partial charge on any atom is 0.165 e. The van der Waals surface area contributed by atoms with E-state index in [9.17, 15) is 4.39 Å². The van der Waals surface area contributed by atoms with Gasteiger partial charge >= 0.3 is 0 Å². The summed E-state index contributed by atoms with van der Waals surface area (Å²) in [4.78, 5) is 0. The number of ether oxygens (including phenoxy) is 2. The summed E-state index contributed by atoms with van der Waals surface area (Å²) >= 11 is 0. The molecule has 1 aromatic carbocycles. The predicted molar refractivity (Wildman–Crippen MR) is 61.1 cm³/mol. The number of benzene rings is 1. The van der Waals surface area contributed by atoms with Gasteiger partial charge in [-0.3, -0.25) is 0 Å². The zero-order chi connectivity index (χ0) is 12.0. The third kappa shape index (κ3) is 4.16. The minimum Gasteiger partial charge on any atom is -0.488 e. The van der Waals surface area contributed by atoms with Gasteiger partial charge in [-0.15, -0.1) is 0 Å². The van der Waals surface area contributed by atoms with Crippen molar-refractivity contribution in [3.05, 3.63) is 29.6 Å². The lowest BCUT2D eigenvalue weighted by molar-refractivity contribution is 0.144. The predicted octanol–water partition coefficient (Wildman–Crippen LogP) is 1.74. The summed E-state index contributed by atoms with van der Waals surface area (Å²) in [6.07, 6.45) is 0.662. The van der Waals surface area contributed by atoms with Crippen LogP contribution in [-0.2, 0) is 11.2 Å². The Hall–Kier alpha value is -1.13. The Bertz CT molecular complexity index is 329. The summed E-state index contributed by atoms with van der Waals surface area (Å²) < 4.78 is 23.5. The lowest BCUT2D eigenvalue weighted by Gasteiger charge is -2.09. The molecule has 0 aliphatic rings. The maximum atomic E-state index is 13.5. The van der Waals surface area contributed by atoms with Gasteiger partial charge in [0.15, 0.2) is 11.6 Å². The van der Waals surface area contributed by atoms with Crippen LogP contribution in [0.15, 0.2) is 18.2 Å². The van der Waals surface area contributed by atoms with E-state index in [1.54, 1.807) is 13.2 Å². The number of rotatable bonds is 6. The molecule has 0 bridgehead atoms. The summed E-state index contributed by atoms with van der Waals surface area (Å²) in [6, 6.07) is 4.95. The lowest BCUT2D eigenvalue weighted by Crippen LogP contribution is -2.17. The Morgan fingerprint density at radius 2 is 2.12 bits per heavy atom. The first-order chi connectivity index (χ1) is 7.63. The van der Waals surface area contributed by atoms with Gasteiger partial charge in [0.2, 0.25) is 0 Å². The van der Waals surface area contributed by atoms with Crippen molar-refractivity contribution >= 4 is 0 Å². The maximum absolute atomic E-state index is 13.5. The molecule has 0 aliphatic carbocycles. The molecular formula is C12H18FNO2. The minimum absolute atomic E-state index is 0.0275. The number of hydrogen-bond donors (Lipinski definition) is 1. The molecule has 0 radical (unpaired) electrons. The van der Waals surface area contributed by atoms with Crippen LogP contribution in [0.4, 0.5) is 4.39 Å². The molecule has 1 atom stereocenters.